The Labute approximate surface area is 131 Å². The molecular weight excluding hydrogens is 286 g/mol. The lowest BCUT2D eigenvalue weighted by molar-refractivity contribution is -0.384. The maximum atomic E-state index is 11.0. The van der Waals surface area contributed by atoms with Crippen LogP contribution < -0.4 is 5.32 Å². The minimum absolute atomic E-state index is 0.138. The van der Waals surface area contributed by atoms with Gasteiger partial charge in [-0.2, -0.15) is 11.8 Å². The number of nitro groups is 1. The van der Waals surface area contributed by atoms with Crippen molar-refractivity contribution in [2.45, 2.75) is 32.9 Å². The van der Waals surface area contributed by atoms with Gasteiger partial charge in [-0.05, 0) is 38.3 Å². The summed E-state index contributed by atoms with van der Waals surface area (Å²) in [5.74, 6) is 1.10. The highest BCUT2D eigenvalue weighted by atomic mass is 32.2. The normalized spacial score (nSPS) is 12.4. The first kappa shape index (κ1) is 17.8. The molecule has 6 heteroatoms. The Hall–Kier alpha value is -1.27. The molecule has 1 N–H and O–H groups in total. The van der Waals surface area contributed by atoms with Crippen LogP contribution in [-0.2, 0) is 6.54 Å². The summed E-state index contributed by atoms with van der Waals surface area (Å²) in [6, 6.07) is 5.86. The molecule has 1 aromatic carbocycles. The van der Waals surface area contributed by atoms with Crippen LogP contribution in [0.25, 0.3) is 0 Å². The maximum absolute atomic E-state index is 11.0. The van der Waals surface area contributed by atoms with Crippen molar-refractivity contribution in [3.8, 4) is 0 Å². The van der Waals surface area contributed by atoms with E-state index in [-0.39, 0.29) is 10.6 Å². The second kappa shape index (κ2) is 8.89. The summed E-state index contributed by atoms with van der Waals surface area (Å²) < 4.78 is 0. The number of hydrogen-bond acceptors (Lipinski definition) is 5. The molecule has 118 valence electrons. The van der Waals surface area contributed by atoms with Crippen LogP contribution in [0.1, 0.15) is 25.8 Å². The molecule has 0 heterocycles. The molecule has 0 spiro atoms. The Kier molecular flexibility index (Phi) is 7.53. The maximum Gasteiger partial charge on any atom is 0.292 e. The third kappa shape index (κ3) is 5.21. The zero-order chi connectivity index (χ0) is 15.8. The van der Waals surface area contributed by atoms with Gasteiger partial charge >= 0.3 is 0 Å². The van der Waals surface area contributed by atoms with Crippen LogP contribution in [0.5, 0.6) is 0 Å². The number of rotatable bonds is 9. The summed E-state index contributed by atoms with van der Waals surface area (Å²) >= 11 is 1.85. The first-order valence-electron chi connectivity index (χ1n) is 7.23. The zero-order valence-electron chi connectivity index (χ0n) is 13.3. The highest BCUT2D eigenvalue weighted by Gasteiger charge is 2.16. The quantitative estimate of drug-likeness (QED) is 0.558. The highest BCUT2D eigenvalue weighted by Crippen LogP contribution is 2.26. The van der Waals surface area contributed by atoms with Gasteiger partial charge in [-0.25, -0.2) is 0 Å². The number of benzene rings is 1. The summed E-state index contributed by atoms with van der Waals surface area (Å²) in [5.41, 5.74) is 1.84. The average Bonchev–Trinajstić information content (AvgIpc) is 2.44. The fourth-order valence-corrected chi connectivity index (χ4v) is 3.21. The van der Waals surface area contributed by atoms with Crippen molar-refractivity contribution in [1.29, 1.82) is 0 Å². The van der Waals surface area contributed by atoms with Crippen LogP contribution in [0.2, 0.25) is 0 Å². The Morgan fingerprint density at radius 3 is 2.67 bits per heavy atom. The molecule has 0 aliphatic heterocycles. The minimum Gasteiger partial charge on any atom is -0.380 e. The van der Waals surface area contributed by atoms with Gasteiger partial charge in [0.15, 0.2) is 0 Å². The molecule has 0 aromatic heterocycles. The molecule has 0 aliphatic carbocycles. The van der Waals surface area contributed by atoms with Crippen LogP contribution in [0.15, 0.2) is 18.2 Å². The van der Waals surface area contributed by atoms with Gasteiger partial charge in [0.2, 0.25) is 0 Å². The fourth-order valence-electron chi connectivity index (χ4n) is 2.34. The first-order valence-corrected chi connectivity index (χ1v) is 8.63. The van der Waals surface area contributed by atoms with E-state index in [2.05, 4.69) is 30.4 Å². The van der Waals surface area contributed by atoms with Gasteiger partial charge in [-0.3, -0.25) is 15.0 Å². The molecular formula is C15H25N3O2S. The van der Waals surface area contributed by atoms with E-state index < -0.39 is 0 Å². The molecule has 0 fully saturated rings. The van der Waals surface area contributed by atoms with Crippen molar-refractivity contribution in [3.05, 3.63) is 33.9 Å². The van der Waals surface area contributed by atoms with Crippen molar-refractivity contribution < 1.29 is 4.92 Å². The van der Waals surface area contributed by atoms with Gasteiger partial charge in [-0.1, -0.05) is 13.0 Å². The monoisotopic (exact) mass is 311 g/mol. The van der Waals surface area contributed by atoms with Gasteiger partial charge < -0.3 is 5.32 Å². The standard InChI is InChI=1S/C15H25N3O2S/c1-5-13(11-21-4)17(3)10-12-7-8-15(18(19)20)14(9-12)16-6-2/h7-9,13,16H,5-6,10-11H2,1-4H3. The molecule has 1 aromatic rings. The van der Waals surface area contributed by atoms with Crippen molar-refractivity contribution in [1.82, 2.24) is 4.90 Å². The second-order valence-corrected chi connectivity index (χ2v) is 5.98. The van der Waals surface area contributed by atoms with Gasteiger partial charge in [0.1, 0.15) is 5.69 Å². The van der Waals surface area contributed by atoms with Gasteiger partial charge in [0.05, 0.1) is 4.92 Å². The van der Waals surface area contributed by atoms with E-state index >= 15 is 0 Å². The number of nitro benzene ring substituents is 1. The molecule has 1 unspecified atom stereocenters. The van der Waals surface area contributed by atoms with Crippen LogP contribution in [-0.4, -0.2) is 41.5 Å². The Balaban J connectivity index is 2.88. The summed E-state index contributed by atoms with van der Waals surface area (Å²) in [7, 11) is 2.11. The summed E-state index contributed by atoms with van der Waals surface area (Å²) in [5, 5.41) is 14.1. The van der Waals surface area contributed by atoms with Gasteiger partial charge in [0.25, 0.3) is 5.69 Å². The Morgan fingerprint density at radius 1 is 1.43 bits per heavy atom. The molecule has 21 heavy (non-hydrogen) atoms. The van der Waals surface area contributed by atoms with E-state index in [0.717, 1.165) is 24.3 Å². The SMILES string of the molecule is CCNc1cc(CN(C)C(CC)CSC)ccc1[N+](=O)[O-]. The second-order valence-electron chi connectivity index (χ2n) is 5.07. The van der Waals surface area contributed by atoms with Crippen molar-refractivity contribution in [3.63, 3.8) is 0 Å². The minimum atomic E-state index is -0.339. The highest BCUT2D eigenvalue weighted by molar-refractivity contribution is 7.98. The summed E-state index contributed by atoms with van der Waals surface area (Å²) in [6.45, 7) is 5.60. The van der Waals surface area contributed by atoms with Crippen LogP contribution in [0.4, 0.5) is 11.4 Å². The molecule has 1 atom stereocenters. The van der Waals surface area contributed by atoms with Gasteiger partial charge in [0, 0.05) is 31.0 Å². The predicted molar refractivity (Wildman–Crippen MR) is 91.2 cm³/mol. The molecule has 5 nitrogen and oxygen atoms in total. The lowest BCUT2D eigenvalue weighted by Gasteiger charge is -2.26. The van der Waals surface area contributed by atoms with E-state index in [1.165, 1.54) is 0 Å². The lowest BCUT2D eigenvalue weighted by Crippen LogP contribution is -2.32. The number of nitrogens with zero attached hydrogens (tertiary/aromatic N) is 2. The predicted octanol–water partition coefficient (Wildman–Crippen LogP) is 3.60. The van der Waals surface area contributed by atoms with E-state index in [0.29, 0.717) is 18.3 Å². The van der Waals surface area contributed by atoms with Crippen molar-refractivity contribution >= 4 is 23.1 Å². The third-order valence-electron chi connectivity index (χ3n) is 3.51. The lowest BCUT2D eigenvalue weighted by atomic mass is 10.1. The number of nitrogens with one attached hydrogen (secondary N) is 1. The molecule has 0 bridgehead atoms. The van der Waals surface area contributed by atoms with E-state index in [4.69, 9.17) is 0 Å². The molecule has 0 saturated carbocycles. The Bertz CT molecular complexity index is 468. The number of thioether (sulfide) groups is 1. The number of anilines is 1. The van der Waals surface area contributed by atoms with Crippen LogP contribution in [0, 0.1) is 10.1 Å². The fraction of sp³-hybridized carbons (Fsp3) is 0.600. The topological polar surface area (TPSA) is 58.4 Å². The van der Waals surface area contributed by atoms with Crippen molar-refractivity contribution in [2.24, 2.45) is 0 Å². The van der Waals surface area contributed by atoms with Crippen LogP contribution in [0.3, 0.4) is 0 Å². The Morgan fingerprint density at radius 2 is 2.14 bits per heavy atom. The molecule has 0 radical (unpaired) electrons. The molecule has 0 aliphatic rings. The van der Waals surface area contributed by atoms with Gasteiger partial charge in [-0.15, -0.1) is 0 Å². The molecule has 0 amide bonds. The number of hydrogen-bond donors (Lipinski definition) is 1. The molecule has 1 rings (SSSR count). The average molecular weight is 311 g/mol. The molecule has 0 saturated heterocycles. The van der Waals surface area contributed by atoms with E-state index in [9.17, 15) is 10.1 Å². The van der Waals surface area contributed by atoms with Crippen LogP contribution >= 0.6 is 11.8 Å². The van der Waals surface area contributed by atoms with Crippen molar-refractivity contribution in [2.75, 3.05) is 30.9 Å². The summed E-state index contributed by atoms with van der Waals surface area (Å²) in [4.78, 5) is 13.0. The zero-order valence-corrected chi connectivity index (χ0v) is 14.1. The first-order chi connectivity index (χ1) is 10.0. The third-order valence-corrected chi connectivity index (χ3v) is 4.23. The summed E-state index contributed by atoms with van der Waals surface area (Å²) in [6.07, 6.45) is 3.22. The largest absolute Gasteiger partial charge is 0.380 e. The van der Waals surface area contributed by atoms with E-state index in [1.54, 1.807) is 6.07 Å². The smallest absolute Gasteiger partial charge is 0.292 e. The van der Waals surface area contributed by atoms with E-state index in [1.807, 2.05) is 30.8 Å².